The second kappa shape index (κ2) is 12.7. The number of hydrogen-bond acceptors (Lipinski definition) is 0. The summed E-state index contributed by atoms with van der Waals surface area (Å²) < 4.78 is 0. The quantitative estimate of drug-likeness (QED) is 0.182. The Labute approximate surface area is 152 Å². The lowest BCUT2D eigenvalue weighted by atomic mass is 10.1. The van der Waals surface area contributed by atoms with E-state index in [2.05, 4.69) is 63.8 Å². The standard InChI is InChI=1S/C23H40P/c1-5-9-10-11-12-13-17-20-23(6-2)24(7-3,8-4)21-22-18-15-14-16-19-22/h6,14-16,18-19,23H,2,5,7-13,17,20-21H2,1,3-4H3/q+1. The summed E-state index contributed by atoms with van der Waals surface area (Å²) in [5.41, 5.74) is 2.28. The average molecular weight is 348 g/mol. The number of hydrogen-bond donors (Lipinski definition) is 0. The van der Waals surface area contributed by atoms with Crippen molar-refractivity contribution >= 4 is 7.26 Å². The molecule has 0 amide bonds. The van der Waals surface area contributed by atoms with E-state index in [1.165, 1.54) is 75.4 Å². The summed E-state index contributed by atoms with van der Waals surface area (Å²) in [4.78, 5) is 0. The second-order valence-corrected chi connectivity index (χ2v) is 11.9. The Kier molecular flexibility index (Phi) is 11.4. The van der Waals surface area contributed by atoms with Crippen LogP contribution in [0.3, 0.4) is 0 Å². The van der Waals surface area contributed by atoms with E-state index >= 15 is 0 Å². The Bertz CT molecular complexity index is 419. The van der Waals surface area contributed by atoms with Gasteiger partial charge in [0.1, 0.15) is 0 Å². The molecule has 0 fully saturated rings. The van der Waals surface area contributed by atoms with E-state index in [1.807, 2.05) is 0 Å². The smallest absolute Gasteiger partial charge is 0.0876 e. The van der Waals surface area contributed by atoms with Crippen LogP contribution in [0.4, 0.5) is 0 Å². The van der Waals surface area contributed by atoms with Gasteiger partial charge in [0, 0.05) is 7.26 Å². The maximum atomic E-state index is 4.23. The molecule has 1 rings (SSSR count). The van der Waals surface area contributed by atoms with Gasteiger partial charge in [-0.1, -0.05) is 88.4 Å². The van der Waals surface area contributed by atoms with Crippen molar-refractivity contribution < 1.29 is 0 Å². The van der Waals surface area contributed by atoms with Crippen molar-refractivity contribution in [2.45, 2.75) is 84.0 Å². The van der Waals surface area contributed by atoms with Gasteiger partial charge >= 0.3 is 0 Å². The van der Waals surface area contributed by atoms with Crippen molar-refractivity contribution in [2.24, 2.45) is 0 Å². The minimum Gasteiger partial charge on any atom is -0.0992 e. The molecule has 1 heteroatoms. The summed E-state index contributed by atoms with van der Waals surface area (Å²) in [6, 6.07) is 11.1. The van der Waals surface area contributed by atoms with Crippen LogP contribution in [-0.4, -0.2) is 18.0 Å². The molecule has 0 saturated heterocycles. The molecule has 0 aliphatic heterocycles. The fourth-order valence-corrected chi connectivity index (χ4v) is 8.09. The maximum Gasteiger partial charge on any atom is 0.0876 e. The number of benzene rings is 1. The summed E-state index contributed by atoms with van der Waals surface area (Å²) in [7, 11) is -0.974. The van der Waals surface area contributed by atoms with E-state index in [-0.39, 0.29) is 0 Å². The van der Waals surface area contributed by atoms with Crippen molar-refractivity contribution in [1.29, 1.82) is 0 Å². The van der Waals surface area contributed by atoms with Gasteiger partial charge in [0.15, 0.2) is 0 Å². The maximum absolute atomic E-state index is 4.23. The Morgan fingerprint density at radius 2 is 1.46 bits per heavy atom. The first kappa shape index (κ1) is 21.4. The van der Waals surface area contributed by atoms with Crippen LogP contribution in [-0.2, 0) is 6.16 Å². The minimum absolute atomic E-state index is 0.753. The summed E-state index contributed by atoms with van der Waals surface area (Å²) >= 11 is 0. The number of allylic oxidation sites excluding steroid dienone is 1. The largest absolute Gasteiger partial charge is 0.0992 e. The molecular weight excluding hydrogens is 307 g/mol. The van der Waals surface area contributed by atoms with Crippen molar-refractivity contribution in [2.75, 3.05) is 12.3 Å². The molecule has 0 aromatic heterocycles. The third kappa shape index (κ3) is 7.10. The van der Waals surface area contributed by atoms with Gasteiger partial charge < -0.3 is 0 Å². The van der Waals surface area contributed by atoms with Gasteiger partial charge in [0.25, 0.3) is 0 Å². The van der Waals surface area contributed by atoms with Crippen LogP contribution in [0, 0.1) is 0 Å². The SMILES string of the molecule is C=CC(CCCCCCCCC)[P+](CC)(CC)Cc1ccccc1. The Morgan fingerprint density at radius 3 is 2.00 bits per heavy atom. The first-order valence-corrected chi connectivity index (χ1v) is 12.7. The van der Waals surface area contributed by atoms with E-state index < -0.39 is 7.26 Å². The van der Waals surface area contributed by atoms with E-state index in [0.29, 0.717) is 0 Å². The lowest BCUT2D eigenvalue weighted by Crippen LogP contribution is -2.17. The highest BCUT2D eigenvalue weighted by Gasteiger charge is 2.40. The van der Waals surface area contributed by atoms with Crippen LogP contribution >= 0.6 is 7.26 Å². The molecule has 0 nitrogen and oxygen atoms in total. The zero-order chi connectivity index (χ0) is 17.7. The zero-order valence-electron chi connectivity index (χ0n) is 16.5. The van der Waals surface area contributed by atoms with Gasteiger partial charge in [-0.3, -0.25) is 0 Å². The minimum atomic E-state index is -0.974. The molecule has 1 aromatic carbocycles. The molecule has 0 saturated carbocycles. The summed E-state index contributed by atoms with van der Waals surface area (Å²) in [6.45, 7) is 11.4. The summed E-state index contributed by atoms with van der Waals surface area (Å²) in [5.74, 6) is 0. The van der Waals surface area contributed by atoms with E-state index in [1.54, 1.807) is 0 Å². The molecule has 0 N–H and O–H groups in total. The molecule has 0 aliphatic rings. The third-order valence-corrected chi connectivity index (χ3v) is 11.1. The fourth-order valence-electron chi connectivity index (χ4n) is 3.91. The molecule has 0 radical (unpaired) electrons. The lowest BCUT2D eigenvalue weighted by molar-refractivity contribution is 0.578. The Balaban J connectivity index is 2.55. The van der Waals surface area contributed by atoms with Crippen LogP contribution in [0.5, 0.6) is 0 Å². The van der Waals surface area contributed by atoms with Gasteiger partial charge in [-0.25, -0.2) is 0 Å². The van der Waals surface area contributed by atoms with Gasteiger partial charge in [-0.2, -0.15) is 0 Å². The predicted octanol–water partition coefficient (Wildman–Crippen LogP) is 7.94. The Morgan fingerprint density at radius 1 is 0.875 bits per heavy atom. The van der Waals surface area contributed by atoms with Crippen molar-refractivity contribution in [3.63, 3.8) is 0 Å². The van der Waals surface area contributed by atoms with Crippen molar-refractivity contribution in [3.8, 4) is 0 Å². The van der Waals surface area contributed by atoms with Crippen LogP contribution in [0.15, 0.2) is 43.0 Å². The van der Waals surface area contributed by atoms with Crippen LogP contribution < -0.4 is 0 Å². The van der Waals surface area contributed by atoms with E-state index in [9.17, 15) is 0 Å². The molecule has 136 valence electrons. The van der Waals surface area contributed by atoms with Crippen molar-refractivity contribution in [3.05, 3.63) is 48.6 Å². The molecule has 1 aromatic rings. The topological polar surface area (TPSA) is 0 Å². The van der Waals surface area contributed by atoms with E-state index in [4.69, 9.17) is 0 Å². The van der Waals surface area contributed by atoms with Gasteiger partial charge in [-0.15, -0.1) is 0 Å². The highest BCUT2D eigenvalue weighted by atomic mass is 31.2. The van der Waals surface area contributed by atoms with E-state index in [0.717, 1.165) is 5.66 Å². The van der Waals surface area contributed by atoms with Crippen LogP contribution in [0.2, 0.25) is 0 Å². The first-order valence-electron chi connectivity index (χ1n) is 10.2. The highest BCUT2D eigenvalue weighted by Crippen LogP contribution is 2.66. The number of rotatable bonds is 14. The van der Waals surface area contributed by atoms with Gasteiger partial charge in [0.2, 0.25) is 0 Å². The molecular formula is C23H40P+. The van der Waals surface area contributed by atoms with Gasteiger partial charge in [0.05, 0.1) is 24.1 Å². The molecule has 0 spiro atoms. The molecule has 1 atom stereocenters. The molecule has 1 unspecified atom stereocenters. The van der Waals surface area contributed by atoms with Gasteiger partial charge in [-0.05, 0) is 32.3 Å². The highest BCUT2D eigenvalue weighted by molar-refractivity contribution is 7.75. The van der Waals surface area contributed by atoms with Crippen molar-refractivity contribution in [1.82, 2.24) is 0 Å². The Hall–Kier alpha value is -0.610. The lowest BCUT2D eigenvalue weighted by Gasteiger charge is -2.32. The number of unbranched alkanes of at least 4 members (excludes halogenated alkanes) is 6. The first-order chi connectivity index (χ1) is 11.7. The second-order valence-electron chi connectivity index (χ2n) is 7.21. The molecule has 0 aliphatic carbocycles. The van der Waals surface area contributed by atoms with Crippen LogP contribution in [0.25, 0.3) is 0 Å². The normalized spacial score (nSPS) is 13.0. The molecule has 0 heterocycles. The fraction of sp³-hybridized carbons (Fsp3) is 0.652. The van der Waals surface area contributed by atoms with Crippen LogP contribution in [0.1, 0.15) is 77.7 Å². The average Bonchev–Trinajstić information content (AvgIpc) is 2.63. The summed E-state index contributed by atoms with van der Waals surface area (Å²) in [6.07, 6.45) is 17.5. The summed E-state index contributed by atoms with van der Waals surface area (Å²) in [5, 5.41) is 0. The zero-order valence-corrected chi connectivity index (χ0v) is 17.4. The monoisotopic (exact) mass is 347 g/mol. The predicted molar refractivity (Wildman–Crippen MR) is 115 cm³/mol. The molecule has 24 heavy (non-hydrogen) atoms. The molecule has 0 bridgehead atoms. The third-order valence-electron chi connectivity index (χ3n) is 5.68.